The molecule has 0 aliphatic carbocycles. The van der Waals surface area contributed by atoms with Gasteiger partial charge in [-0.1, -0.05) is 54.0 Å². The monoisotopic (exact) mass is 619 g/mol. The van der Waals surface area contributed by atoms with Gasteiger partial charge in [-0.3, -0.25) is 0 Å². The van der Waals surface area contributed by atoms with E-state index in [2.05, 4.69) is 34.7 Å². The summed E-state index contributed by atoms with van der Waals surface area (Å²) in [6.07, 6.45) is 0.464. The van der Waals surface area contributed by atoms with Crippen molar-refractivity contribution in [3.63, 3.8) is 0 Å². The number of aromatic carboxylic acids is 1. The number of carboxylic acids is 1. The number of ether oxygens (including phenoxy) is 3. The van der Waals surface area contributed by atoms with Crippen LogP contribution in [0.25, 0.3) is 22.3 Å². The van der Waals surface area contributed by atoms with Crippen molar-refractivity contribution < 1.29 is 24.1 Å². The molecule has 1 N–H and O–H groups in total. The lowest BCUT2D eigenvalue weighted by Crippen LogP contribution is -2.27. The standard InChI is InChI=1S/C31H30ClN5O5S/c1-17-10-19(21(32)13-20(17)22-6-5-7-27(34-22)42-15-28-35-36-30(40-4)43-28)12-26-33-23-9-8-18(29(38)39)11-24(23)37(26)25-14-41-16-31(25,2)3/h5-11,13,25H,12,14-16H2,1-4H3,(H,38,39)/t25-/m1/s1. The summed E-state index contributed by atoms with van der Waals surface area (Å²) in [5.74, 6) is 0.287. The molecule has 1 fully saturated rings. The summed E-state index contributed by atoms with van der Waals surface area (Å²) in [7, 11) is 1.55. The number of hydrogen-bond donors (Lipinski definition) is 1. The Morgan fingerprint density at radius 3 is 2.74 bits per heavy atom. The second-order valence-corrected chi connectivity index (χ2v) is 12.6. The minimum atomic E-state index is -0.976. The maximum atomic E-state index is 11.8. The van der Waals surface area contributed by atoms with E-state index in [1.54, 1.807) is 31.4 Å². The van der Waals surface area contributed by atoms with Crippen LogP contribution in [0, 0.1) is 12.3 Å². The van der Waals surface area contributed by atoms with Crippen LogP contribution in [0.5, 0.6) is 11.1 Å². The van der Waals surface area contributed by atoms with Crippen molar-refractivity contribution in [1.29, 1.82) is 0 Å². The number of imidazole rings is 1. The summed E-state index contributed by atoms with van der Waals surface area (Å²) < 4.78 is 19.0. The number of fused-ring (bicyclic) bond motifs is 1. The number of carbonyl (C=O) groups is 1. The van der Waals surface area contributed by atoms with Crippen LogP contribution in [-0.4, -0.2) is 56.1 Å². The molecule has 1 aliphatic rings. The molecule has 0 saturated carbocycles. The molecule has 0 unspecified atom stereocenters. The molecule has 0 radical (unpaired) electrons. The maximum Gasteiger partial charge on any atom is 0.335 e. The van der Waals surface area contributed by atoms with Crippen LogP contribution in [0.2, 0.25) is 5.02 Å². The van der Waals surface area contributed by atoms with Gasteiger partial charge in [0.05, 0.1) is 48.7 Å². The largest absolute Gasteiger partial charge is 0.478 e. The fourth-order valence-electron chi connectivity index (χ4n) is 5.41. The van der Waals surface area contributed by atoms with Crippen molar-refractivity contribution in [3.8, 4) is 22.3 Å². The number of hydrogen-bond acceptors (Lipinski definition) is 9. The Morgan fingerprint density at radius 1 is 1.19 bits per heavy atom. The fourth-order valence-corrected chi connectivity index (χ4v) is 6.21. The fraction of sp³-hybridized carbons (Fsp3) is 0.323. The van der Waals surface area contributed by atoms with Gasteiger partial charge in [0.2, 0.25) is 5.88 Å². The van der Waals surface area contributed by atoms with Crippen molar-refractivity contribution in [2.24, 2.45) is 5.41 Å². The minimum Gasteiger partial charge on any atom is -0.478 e. The summed E-state index contributed by atoms with van der Waals surface area (Å²) in [6.45, 7) is 7.69. The van der Waals surface area contributed by atoms with Gasteiger partial charge in [-0.05, 0) is 48.4 Å². The molecule has 0 bridgehead atoms. The van der Waals surface area contributed by atoms with Gasteiger partial charge in [-0.2, -0.15) is 0 Å². The van der Waals surface area contributed by atoms with E-state index >= 15 is 0 Å². The van der Waals surface area contributed by atoms with Crippen LogP contribution in [0.4, 0.5) is 0 Å². The van der Waals surface area contributed by atoms with Crippen LogP contribution in [-0.2, 0) is 17.8 Å². The topological polar surface area (TPSA) is 121 Å². The number of rotatable bonds is 9. The van der Waals surface area contributed by atoms with E-state index in [-0.39, 0.29) is 23.6 Å². The molecular formula is C31H30ClN5O5S. The first-order chi connectivity index (χ1) is 20.6. The number of benzene rings is 2. The molecule has 12 heteroatoms. The third kappa shape index (κ3) is 5.80. The van der Waals surface area contributed by atoms with Gasteiger partial charge in [0, 0.05) is 28.5 Å². The minimum absolute atomic E-state index is 0.0103. The summed E-state index contributed by atoms with van der Waals surface area (Å²) in [6, 6.07) is 14.6. The summed E-state index contributed by atoms with van der Waals surface area (Å²) in [4.78, 5) is 21.4. The molecule has 0 spiro atoms. The van der Waals surface area contributed by atoms with E-state index in [1.807, 2.05) is 25.1 Å². The Labute approximate surface area is 257 Å². The second kappa shape index (κ2) is 11.6. The van der Waals surface area contributed by atoms with Gasteiger partial charge in [0.25, 0.3) is 5.19 Å². The molecule has 2 aromatic carbocycles. The number of aromatic nitrogens is 5. The smallest absolute Gasteiger partial charge is 0.335 e. The van der Waals surface area contributed by atoms with E-state index in [1.165, 1.54) is 11.3 Å². The lowest BCUT2D eigenvalue weighted by Gasteiger charge is -2.28. The molecular weight excluding hydrogens is 590 g/mol. The van der Waals surface area contributed by atoms with E-state index < -0.39 is 5.97 Å². The van der Waals surface area contributed by atoms with Gasteiger partial charge in [-0.25, -0.2) is 14.8 Å². The third-order valence-electron chi connectivity index (χ3n) is 7.68. The van der Waals surface area contributed by atoms with Crippen molar-refractivity contribution in [2.45, 2.75) is 39.8 Å². The van der Waals surface area contributed by atoms with Crippen molar-refractivity contribution >= 4 is 39.9 Å². The highest BCUT2D eigenvalue weighted by Gasteiger charge is 2.39. The Hall–Kier alpha value is -4.06. The Morgan fingerprint density at radius 2 is 2.02 bits per heavy atom. The first-order valence-corrected chi connectivity index (χ1v) is 14.9. The quantitative estimate of drug-likeness (QED) is 0.200. The zero-order valence-corrected chi connectivity index (χ0v) is 25.7. The lowest BCUT2D eigenvalue weighted by molar-refractivity contribution is 0.0697. The highest BCUT2D eigenvalue weighted by Crippen LogP contribution is 2.41. The third-order valence-corrected chi connectivity index (χ3v) is 8.89. The molecule has 5 aromatic rings. The predicted molar refractivity (Wildman–Crippen MR) is 163 cm³/mol. The molecule has 4 heterocycles. The van der Waals surface area contributed by atoms with Crippen molar-refractivity contribution in [3.05, 3.63) is 81.1 Å². The van der Waals surface area contributed by atoms with Crippen LogP contribution >= 0.6 is 22.9 Å². The summed E-state index contributed by atoms with van der Waals surface area (Å²) in [5, 5.41) is 19.4. The molecule has 0 amide bonds. The molecule has 1 atom stereocenters. The summed E-state index contributed by atoms with van der Waals surface area (Å²) >= 11 is 8.22. The SMILES string of the molecule is COc1nnc(COc2cccc(-c3cc(Cl)c(Cc4nc5ccc(C(=O)O)cc5n4[C@@H]4COCC4(C)C)cc3C)n2)s1. The lowest BCUT2D eigenvalue weighted by atomic mass is 9.87. The van der Waals surface area contributed by atoms with Gasteiger partial charge in [0.15, 0.2) is 5.01 Å². The highest BCUT2D eigenvalue weighted by molar-refractivity contribution is 7.13. The molecule has 222 valence electrons. The van der Waals surface area contributed by atoms with Crippen molar-refractivity contribution in [2.75, 3.05) is 20.3 Å². The molecule has 1 saturated heterocycles. The number of halogens is 1. The van der Waals surface area contributed by atoms with Gasteiger partial charge in [0.1, 0.15) is 12.4 Å². The van der Waals surface area contributed by atoms with E-state index in [0.29, 0.717) is 40.7 Å². The Balaban J connectivity index is 1.31. The van der Waals surface area contributed by atoms with Gasteiger partial charge in [-0.15, -0.1) is 5.10 Å². The number of pyridine rings is 1. The predicted octanol–water partition coefficient (Wildman–Crippen LogP) is 6.39. The summed E-state index contributed by atoms with van der Waals surface area (Å²) in [5.41, 5.74) is 5.10. The van der Waals surface area contributed by atoms with Crippen molar-refractivity contribution in [1.82, 2.24) is 24.7 Å². The molecule has 6 rings (SSSR count). The zero-order valence-electron chi connectivity index (χ0n) is 24.1. The number of aryl methyl sites for hydroxylation is 1. The average molecular weight is 620 g/mol. The average Bonchev–Trinajstić information content (AvgIpc) is 3.69. The number of methoxy groups -OCH3 is 1. The van der Waals surface area contributed by atoms with Crippen LogP contribution in [0.1, 0.15) is 52.2 Å². The molecule has 10 nitrogen and oxygen atoms in total. The van der Waals surface area contributed by atoms with E-state index in [4.69, 9.17) is 35.8 Å². The van der Waals surface area contributed by atoms with Gasteiger partial charge < -0.3 is 23.9 Å². The molecule has 43 heavy (non-hydrogen) atoms. The highest BCUT2D eigenvalue weighted by atomic mass is 35.5. The van der Waals surface area contributed by atoms with E-state index in [0.717, 1.165) is 39.2 Å². The number of carboxylic acid groups (broad SMARTS) is 1. The second-order valence-electron chi connectivity index (χ2n) is 11.2. The normalized spacial score (nSPS) is 16.1. The first-order valence-electron chi connectivity index (χ1n) is 13.7. The maximum absolute atomic E-state index is 11.8. The number of nitrogens with zero attached hydrogens (tertiary/aromatic N) is 5. The zero-order chi connectivity index (χ0) is 30.3. The first kappa shape index (κ1) is 29.0. The molecule has 1 aliphatic heterocycles. The van der Waals surface area contributed by atoms with Crippen LogP contribution in [0.3, 0.4) is 0 Å². The van der Waals surface area contributed by atoms with Crippen LogP contribution < -0.4 is 9.47 Å². The Kier molecular flexibility index (Phi) is 7.80. The van der Waals surface area contributed by atoms with Gasteiger partial charge >= 0.3 is 5.97 Å². The van der Waals surface area contributed by atoms with Crippen LogP contribution in [0.15, 0.2) is 48.5 Å². The molecule has 3 aromatic heterocycles. The Bertz CT molecular complexity index is 1830. The van der Waals surface area contributed by atoms with E-state index in [9.17, 15) is 9.90 Å².